The summed E-state index contributed by atoms with van der Waals surface area (Å²) in [6.07, 6.45) is 6.20. The predicted molar refractivity (Wildman–Crippen MR) is 108 cm³/mol. The van der Waals surface area contributed by atoms with Crippen molar-refractivity contribution in [3.63, 3.8) is 0 Å². The fourth-order valence-electron chi connectivity index (χ4n) is 4.00. The van der Waals surface area contributed by atoms with Crippen molar-refractivity contribution in [1.82, 2.24) is 14.9 Å². The fraction of sp³-hybridized carbons (Fsp3) is 0.500. The summed E-state index contributed by atoms with van der Waals surface area (Å²) in [6.45, 7) is 7.95. The first-order valence-corrected chi connectivity index (χ1v) is 10.1. The molecule has 1 amide bonds. The van der Waals surface area contributed by atoms with E-state index in [0.717, 1.165) is 69.2 Å². The Bertz CT molecular complexity index is 821. The molecule has 2 aliphatic heterocycles. The first kappa shape index (κ1) is 18.0. The van der Waals surface area contributed by atoms with Crippen molar-refractivity contribution in [2.45, 2.75) is 39.5 Å². The van der Waals surface area contributed by atoms with Gasteiger partial charge in [0.1, 0.15) is 11.4 Å². The molecule has 1 aromatic carbocycles. The van der Waals surface area contributed by atoms with Gasteiger partial charge in [-0.25, -0.2) is 9.97 Å². The summed E-state index contributed by atoms with van der Waals surface area (Å²) < 4.78 is 0. The third kappa shape index (κ3) is 3.82. The summed E-state index contributed by atoms with van der Waals surface area (Å²) in [5.41, 5.74) is 2.84. The number of amides is 1. The van der Waals surface area contributed by atoms with Crippen molar-refractivity contribution in [2.24, 2.45) is 5.92 Å². The SMILES string of the molecule is Cc1cccc(-c2ncc(C(=O)N3CCCC3)c(N3CCC(C)CC3)n2)c1. The number of aromatic nitrogens is 2. The van der Waals surface area contributed by atoms with E-state index in [1.54, 1.807) is 6.20 Å². The van der Waals surface area contributed by atoms with Crippen molar-refractivity contribution in [1.29, 1.82) is 0 Å². The molecule has 0 spiro atoms. The number of hydrogen-bond donors (Lipinski definition) is 0. The van der Waals surface area contributed by atoms with E-state index in [-0.39, 0.29) is 5.91 Å². The molecule has 5 heteroatoms. The molecule has 3 heterocycles. The lowest BCUT2D eigenvalue weighted by Gasteiger charge is -2.32. The molecule has 0 aliphatic carbocycles. The number of rotatable bonds is 3. The van der Waals surface area contributed by atoms with Crippen LogP contribution < -0.4 is 4.90 Å². The van der Waals surface area contributed by atoms with Gasteiger partial charge in [0.25, 0.3) is 5.91 Å². The van der Waals surface area contributed by atoms with E-state index in [4.69, 9.17) is 4.98 Å². The van der Waals surface area contributed by atoms with Crippen LogP contribution in [0.4, 0.5) is 5.82 Å². The molecule has 2 aromatic rings. The van der Waals surface area contributed by atoms with Crippen molar-refractivity contribution >= 4 is 11.7 Å². The molecular formula is C22H28N4O. The number of piperidine rings is 1. The molecular weight excluding hydrogens is 336 g/mol. The summed E-state index contributed by atoms with van der Waals surface area (Å²) in [5, 5.41) is 0. The number of aryl methyl sites for hydroxylation is 1. The minimum Gasteiger partial charge on any atom is -0.356 e. The molecule has 27 heavy (non-hydrogen) atoms. The van der Waals surface area contributed by atoms with Gasteiger partial charge in [0.05, 0.1) is 0 Å². The number of anilines is 1. The van der Waals surface area contributed by atoms with E-state index in [1.807, 2.05) is 17.0 Å². The lowest BCUT2D eigenvalue weighted by Crippen LogP contribution is -2.36. The molecule has 0 radical (unpaired) electrons. The molecule has 5 nitrogen and oxygen atoms in total. The Morgan fingerprint density at radius 1 is 1.11 bits per heavy atom. The number of likely N-dealkylation sites (tertiary alicyclic amines) is 1. The quantitative estimate of drug-likeness (QED) is 0.828. The third-order valence-electron chi connectivity index (χ3n) is 5.75. The van der Waals surface area contributed by atoms with E-state index in [2.05, 4.69) is 35.9 Å². The Kier molecular flexibility index (Phi) is 5.10. The first-order chi connectivity index (χ1) is 13.1. The van der Waals surface area contributed by atoms with Gasteiger partial charge < -0.3 is 9.80 Å². The average molecular weight is 364 g/mol. The standard InChI is InChI=1S/C22H28N4O/c1-16-8-12-25(13-9-16)21-19(22(27)26-10-3-4-11-26)15-23-20(24-21)18-7-5-6-17(2)14-18/h5-7,14-16H,3-4,8-13H2,1-2H3. The van der Waals surface area contributed by atoms with Crippen LogP contribution in [0.15, 0.2) is 30.5 Å². The summed E-state index contributed by atoms with van der Waals surface area (Å²) >= 11 is 0. The molecule has 2 saturated heterocycles. The Morgan fingerprint density at radius 3 is 2.56 bits per heavy atom. The monoisotopic (exact) mass is 364 g/mol. The van der Waals surface area contributed by atoms with Gasteiger partial charge in [0.2, 0.25) is 0 Å². The molecule has 0 unspecified atom stereocenters. The molecule has 4 rings (SSSR count). The van der Waals surface area contributed by atoms with Crippen LogP contribution in [0.3, 0.4) is 0 Å². The summed E-state index contributed by atoms with van der Waals surface area (Å²) in [7, 11) is 0. The van der Waals surface area contributed by atoms with Gasteiger partial charge in [0.15, 0.2) is 5.82 Å². The van der Waals surface area contributed by atoms with Crippen LogP contribution in [0.25, 0.3) is 11.4 Å². The highest BCUT2D eigenvalue weighted by molar-refractivity contribution is 5.99. The number of benzene rings is 1. The van der Waals surface area contributed by atoms with E-state index in [1.165, 1.54) is 5.56 Å². The molecule has 2 aliphatic rings. The van der Waals surface area contributed by atoms with Gasteiger partial charge in [-0.1, -0.05) is 30.7 Å². The Balaban J connectivity index is 1.72. The highest BCUT2D eigenvalue weighted by atomic mass is 16.2. The second kappa shape index (κ2) is 7.67. The van der Waals surface area contributed by atoms with Crippen LogP contribution in [0.1, 0.15) is 48.5 Å². The molecule has 0 saturated carbocycles. The summed E-state index contributed by atoms with van der Waals surface area (Å²) in [6, 6.07) is 8.23. The van der Waals surface area contributed by atoms with E-state index < -0.39 is 0 Å². The maximum Gasteiger partial charge on any atom is 0.259 e. The van der Waals surface area contributed by atoms with Crippen molar-refractivity contribution < 1.29 is 4.79 Å². The van der Waals surface area contributed by atoms with Gasteiger partial charge in [-0.3, -0.25) is 4.79 Å². The molecule has 142 valence electrons. The van der Waals surface area contributed by atoms with Crippen LogP contribution in [0, 0.1) is 12.8 Å². The highest BCUT2D eigenvalue weighted by Gasteiger charge is 2.27. The van der Waals surface area contributed by atoms with Crippen LogP contribution in [-0.4, -0.2) is 47.0 Å². The van der Waals surface area contributed by atoms with Crippen LogP contribution in [-0.2, 0) is 0 Å². The highest BCUT2D eigenvalue weighted by Crippen LogP contribution is 2.28. The minimum atomic E-state index is 0.0805. The van der Waals surface area contributed by atoms with E-state index in [0.29, 0.717) is 11.4 Å². The normalized spacial score (nSPS) is 18.1. The van der Waals surface area contributed by atoms with Crippen LogP contribution in [0.5, 0.6) is 0 Å². The molecule has 1 aromatic heterocycles. The van der Waals surface area contributed by atoms with Crippen molar-refractivity contribution in [3.05, 3.63) is 41.6 Å². The number of carbonyl (C=O) groups is 1. The molecule has 0 bridgehead atoms. The summed E-state index contributed by atoms with van der Waals surface area (Å²) in [4.78, 5) is 26.8. The maximum absolute atomic E-state index is 13.1. The Morgan fingerprint density at radius 2 is 1.85 bits per heavy atom. The fourth-order valence-corrected chi connectivity index (χ4v) is 4.00. The topological polar surface area (TPSA) is 49.3 Å². The van der Waals surface area contributed by atoms with Gasteiger partial charge in [0, 0.05) is 37.9 Å². The zero-order chi connectivity index (χ0) is 18.8. The molecule has 0 atom stereocenters. The number of hydrogen-bond acceptors (Lipinski definition) is 4. The Labute approximate surface area is 161 Å². The van der Waals surface area contributed by atoms with E-state index >= 15 is 0 Å². The second-order valence-electron chi connectivity index (χ2n) is 7.97. The lowest BCUT2D eigenvalue weighted by atomic mass is 9.99. The zero-order valence-electron chi connectivity index (χ0n) is 16.3. The van der Waals surface area contributed by atoms with Gasteiger partial charge in [-0.05, 0) is 44.6 Å². The predicted octanol–water partition coefficient (Wildman–Crippen LogP) is 3.92. The average Bonchev–Trinajstić information content (AvgIpc) is 3.22. The second-order valence-corrected chi connectivity index (χ2v) is 7.97. The number of nitrogens with zero attached hydrogens (tertiary/aromatic N) is 4. The van der Waals surface area contributed by atoms with Gasteiger partial charge in [-0.15, -0.1) is 0 Å². The molecule has 0 N–H and O–H groups in total. The van der Waals surface area contributed by atoms with Crippen molar-refractivity contribution in [2.75, 3.05) is 31.1 Å². The maximum atomic E-state index is 13.1. The largest absolute Gasteiger partial charge is 0.356 e. The van der Waals surface area contributed by atoms with Crippen LogP contribution >= 0.6 is 0 Å². The van der Waals surface area contributed by atoms with Gasteiger partial charge in [-0.2, -0.15) is 0 Å². The first-order valence-electron chi connectivity index (χ1n) is 10.1. The smallest absolute Gasteiger partial charge is 0.259 e. The Hall–Kier alpha value is -2.43. The van der Waals surface area contributed by atoms with Crippen molar-refractivity contribution in [3.8, 4) is 11.4 Å². The van der Waals surface area contributed by atoms with Gasteiger partial charge >= 0.3 is 0 Å². The minimum absolute atomic E-state index is 0.0805. The number of carbonyl (C=O) groups excluding carboxylic acids is 1. The lowest BCUT2D eigenvalue weighted by molar-refractivity contribution is 0.0792. The summed E-state index contributed by atoms with van der Waals surface area (Å²) in [5.74, 6) is 2.32. The zero-order valence-corrected chi connectivity index (χ0v) is 16.3. The third-order valence-corrected chi connectivity index (χ3v) is 5.75. The van der Waals surface area contributed by atoms with Crippen LogP contribution in [0.2, 0.25) is 0 Å². The molecule has 2 fully saturated rings. The van der Waals surface area contributed by atoms with E-state index in [9.17, 15) is 4.79 Å².